The summed E-state index contributed by atoms with van der Waals surface area (Å²) in [5, 5.41) is 13.5. The number of rotatable bonds is 7. The Morgan fingerprint density at radius 3 is 2.81 bits per heavy atom. The Balaban J connectivity index is 1.45. The molecule has 162 valence electrons. The lowest BCUT2D eigenvalue weighted by Crippen LogP contribution is -2.38. The lowest BCUT2D eigenvalue weighted by Gasteiger charge is -2.22. The maximum atomic E-state index is 13.0. The number of anilines is 3. The molecule has 1 saturated heterocycles. The van der Waals surface area contributed by atoms with Gasteiger partial charge in [0.1, 0.15) is 46.4 Å². The molecule has 1 aliphatic carbocycles. The van der Waals surface area contributed by atoms with Crippen LogP contribution in [0.4, 0.5) is 17.3 Å². The molecule has 3 atom stereocenters. The van der Waals surface area contributed by atoms with Crippen LogP contribution in [0.2, 0.25) is 0 Å². The standard InChI is InChI=1S/C19H24B3N7O3/c1-23-14-5-13(26-12-3-2-4-24-18(12)32-19(20,21)22)27-16-9(6-25-29(14)16)17(30)28-15-10-7-31-8-11(10)15/h2-6,10-11,15,23H,7-8,20-22H2,1H3,(H,26,27)(H,28,30)/t10-,11+,15+. The van der Waals surface area contributed by atoms with Crippen LogP contribution in [0.1, 0.15) is 10.4 Å². The second-order valence-corrected chi connectivity index (χ2v) is 9.13. The third kappa shape index (κ3) is 3.88. The molecule has 1 amide bonds. The van der Waals surface area contributed by atoms with Crippen molar-refractivity contribution in [3.05, 3.63) is 36.2 Å². The Labute approximate surface area is 188 Å². The fourth-order valence-electron chi connectivity index (χ4n) is 4.04. The van der Waals surface area contributed by atoms with Crippen LogP contribution < -0.4 is 20.7 Å². The number of nitrogens with one attached hydrogen (secondary N) is 3. The highest BCUT2D eigenvalue weighted by Crippen LogP contribution is 2.44. The van der Waals surface area contributed by atoms with E-state index in [-0.39, 0.29) is 11.9 Å². The Bertz CT molecular complexity index is 1170. The minimum Gasteiger partial charge on any atom is -0.497 e. The van der Waals surface area contributed by atoms with Crippen LogP contribution in [-0.2, 0) is 4.74 Å². The highest BCUT2D eigenvalue weighted by molar-refractivity contribution is 6.58. The van der Waals surface area contributed by atoms with E-state index in [9.17, 15) is 4.79 Å². The quantitative estimate of drug-likeness (QED) is 0.375. The van der Waals surface area contributed by atoms with Gasteiger partial charge in [-0.3, -0.25) is 4.79 Å². The predicted molar refractivity (Wildman–Crippen MR) is 128 cm³/mol. The molecule has 1 aliphatic heterocycles. The molecular weight excluding hydrogens is 407 g/mol. The van der Waals surface area contributed by atoms with Crippen LogP contribution >= 0.6 is 0 Å². The van der Waals surface area contributed by atoms with E-state index in [2.05, 4.69) is 31.0 Å². The van der Waals surface area contributed by atoms with Crippen molar-refractivity contribution in [2.24, 2.45) is 11.8 Å². The molecule has 0 aromatic carbocycles. The van der Waals surface area contributed by atoms with Crippen molar-refractivity contribution in [2.75, 3.05) is 30.9 Å². The summed E-state index contributed by atoms with van der Waals surface area (Å²) in [6.07, 6.45) is 3.23. The summed E-state index contributed by atoms with van der Waals surface area (Å²) in [6, 6.07) is 5.68. The van der Waals surface area contributed by atoms with E-state index in [0.29, 0.717) is 59.5 Å². The SMILES string of the molecule is BC(B)(B)Oc1ncccc1Nc1cc(NC)n2ncc(C(=O)N[C@H]3[C@@H]4COC[C@@H]43)c2n1. The van der Waals surface area contributed by atoms with Gasteiger partial charge >= 0.3 is 0 Å². The van der Waals surface area contributed by atoms with Crippen molar-refractivity contribution in [3.8, 4) is 5.88 Å². The van der Waals surface area contributed by atoms with E-state index >= 15 is 0 Å². The maximum Gasteiger partial charge on any atom is 0.257 e. The number of hydrogen-bond donors (Lipinski definition) is 3. The minimum atomic E-state index is -0.402. The van der Waals surface area contributed by atoms with Gasteiger partial charge in [0.05, 0.1) is 19.4 Å². The molecule has 10 nitrogen and oxygen atoms in total. The van der Waals surface area contributed by atoms with Crippen LogP contribution in [-0.4, -0.2) is 80.6 Å². The van der Waals surface area contributed by atoms with Crippen molar-refractivity contribution in [2.45, 2.75) is 11.3 Å². The summed E-state index contributed by atoms with van der Waals surface area (Å²) in [5.41, 5.74) is 1.56. The van der Waals surface area contributed by atoms with E-state index in [4.69, 9.17) is 9.47 Å². The molecular formula is C19H24B3N7O3. The van der Waals surface area contributed by atoms with Crippen molar-refractivity contribution in [1.29, 1.82) is 0 Å². The van der Waals surface area contributed by atoms with E-state index in [1.165, 1.54) is 0 Å². The Hall–Kier alpha value is -3.21. The molecule has 1 saturated carbocycles. The molecule has 3 N–H and O–H groups in total. The van der Waals surface area contributed by atoms with Crippen molar-refractivity contribution < 1.29 is 14.3 Å². The summed E-state index contributed by atoms with van der Waals surface area (Å²) in [4.78, 5) is 22.0. The third-order valence-corrected chi connectivity index (χ3v) is 5.66. The van der Waals surface area contributed by atoms with Gasteiger partial charge in [-0.15, -0.1) is 0 Å². The molecule has 32 heavy (non-hydrogen) atoms. The first kappa shape index (κ1) is 20.7. The summed E-state index contributed by atoms with van der Waals surface area (Å²) in [5.74, 6) is 2.37. The van der Waals surface area contributed by atoms with Gasteiger partial charge in [-0.25, -0.2) is 9.97 Å². The average molecular weight is 431 g/mol. The number of ether oxygens (including phenoxy) is 2. The molecule has 0 spiro atoms. The van der Waals surface area contributed by atoms with E-state index in [0.717, 1.165) is 0 Å². The first-order chi connectivity index (χ1) is 15.3. The van der Waals surface area contributed by atoms with Crippen LogP contribution in [0, 0.1) is 11.8 Å². The first-order valence-corrected chi connectivity index (χ1v) is 10.7. The summed E-state index contributed by atoms with van der Waals surface area (Å²) < 4.78 is 13.0. The van der Waals surface area contributed by atoms with Crippen molar-refractivity contribution in [3.63, 3.8) is 0 Å². The molecule has 2 fully saturated rings. The van der Waals surface area contributed by atoms with Crippen LogP contribution in [0.25, 0.3) is 5.65 Å². The van der Waals surface area contributed by atoms with E-state index in [1.54, 1.807) is 24.0 Å². The zero-order chi connectivity index (χ0) is 22.5. The van der Waals surface area contributed by atoms with E-state index < -0.39 is 5.30 Å². The van der Waals surface area contributed by atoms with Crippen LogP contribution in [0.3, 0.4) is 0 Å². The zero-order valence-corrected chi connectivity index (χ0v) is 18.5. The summed E-state index contributed by atoms with van der Waals surface area (Å²) in [6.45, 7) is 1.43. The van der Waals surface area contributed by atoms with Gasteiger partial charge in [0.15, 0.2) is 5.65 Å². The van der Waals surface area contributed by atoms with Gasteiger partial charge in [-0.1, -0.05) is 0 Å². The van der Waals surface area contributed by atoms with Crippen LogP contribution in [0.15, 0.2) is 30.6 Å². The second-order valence-electron chi connectivity index (χ2n) is 9.13. The Morgan fingerprint density at radius 1 is 1.31 bits per heavy atom. The molecule has 3 aromatic heterocycles. The zero-order valence-electron chi connectivity index (χ0n) is 18.5. The highest BCUT2D eigenvalue weighted by atomic mass is 16.5. The minimum absolute atomic E-state index is 0.170. The van der Waals surface area contributed by atoms with Gasteiger partial charge in [0.2, 0.25) is 5.88 Å². The number of fused-ring (bicyclic) bond motifs is 2. The lowest BCUT2D eigenvalue weighted by atomic mass is 9.52. The lowest BCUT2D eigenvalue weighted by molar-refractivity contribution is 0.0930. The average Bonchev–Trinajstić information content (AvgIpc) is 3.12. The Kier molecular flexibility index (Phi) is 5.00. The van der Waals surface area contributed by atoms with Crippen molar-refractivity contribution >= 4 is 52.4 Å². The molecule has 13 heteroatoms. The molecule has 0 radical (unpaired) electrons. The highest BCUT2D eigenvalue weighted by Gasteiger charge is 2.54. The maximum absolute atomic E-state index is 13.0. The second kappa shape index (κ2) is 7.73. The number of carbonyl (C=O) groups excluding carboxylic acids is 1. The number of pyridine rings is 1. The number of nitrogens with zero attached hydrogens (tertiary/aromatic N) is 4. The fraction of sp³-hybridized carbons (Fsp3) is 0.368. The molecule has 0 bridgehead atoms. The molecule has 0 unspecified atom stereocenters. The third-order valence-electron chi connectivity index (χ3n) is 5.66. The largest absolute Gasteiger partial charge is 0.497 e. The van der Waals surface area contributed by atoms with Gasteiger partial charge in [-0.2, -0.15) is 9.61 Å². The molecule has 2 aliphatic rings. The van der Waals surface area contributed by atoms with Gasteiger partial charge in [0, 0.05) is 42.5 Å². The first-order valence-electron chi connectivity index (χ1n) is 10.7. The Morgan fingerprint density at radius 2 is 2.09 bits per heavy atom. The van der Waals surface area contributed by atoms with Crippen LogP contribution in [0.5, 0.6) is 5.88 Å². The summed E-state index contributed by atoms with van der Waals surface area (Å²) in [7, 11) is 7.69. The van der Waals surface area contributed by atoms with Crippen molar-refractivity contribution in [1.82, 2.24) is 24.9 Å². The number of hydrogen-bond acceptors (Lipinski definition) is 8. The number of aromatic nitrogens is 4. The smallest absolute Gasteiger partial charge is 0.257 e. The fourth-order valence-corrected chi connectivity index (χ4v) is 4.04. The molecule has 3 aromatic rings. The molecule has 5 rings (SSSR count). The van der Waals surface area contributed by atoms with Gasteiger partial charge in [0.25, 0.3) is 5.91 Å². The monoisotopic (exact) mass is 431 g/mol. The summed E-state index contributed by atoms with van der Waals surface area (Å²) >= 11 is 0. The van der Waals surface area contributed by atoms with Gasteiger partial charge < -0.3 is 25.4 Å². The number of amides is 1. The molecule has 4 heterocycles. The number of carbonyl (C=O) groups is 1. The topological polar surface area (TPSA) is 115 Å². The predicted octanol–water partition coefficient (Wildman–Crippen LogP) is -1.83. The normalized spacial score (nSPS) is 21.7. The van der Waals surface area contributed by atoms with Gasteiger partial charge in [-0.05, 0) is 12.1 Å². The van der Waals surface area contributed by atoms with E-state index in [1.807, 2.05) is 41.7 Å².